The molecular formula is C15H20BrNO2. The van der Waals surface area contributed by atoms with Gasteiger partial charge in [-0.15, -0.1) is 0 Å². The molecule has 3 nitrogen and oxygen atoms in total. The van der Waals surface area contributed by atoms with Crippen molar-refractivity contribution in [3.8, 4) is 0 Å². The van der Waals surface area contributed by atoms with Crippen molar-refractivity contribution >= 4 is 27.6 Å². The highest BCUT2D eigenvalue weighted by atomic mass is 79.9. The Balaban J connectivity index is 1.76. The molecule has 0 radical (unpaired) electrons. The summed E-state index contributed by atoms with van der Waals surface area (Å²) in [4.78, 5) is 13.6. The Morgan fingerprint density at radius 1 is 1.42 bits per heavy atom. The van der Waals surface area contributed by atoms with Crippen LogP contribution in [0.15, 0.2) is 22.7 Å². The lowest BCUT2D eigenvalue weighted by Crippen LogP contribution is -2.21. The quantitative estimate of drug-likeness (QED) is 0.591. The highest BCUT2D eigenvalue weighted by Crippen LogP contribution is 2.30. The van der Waals surface area contributed by atoms with Crippen molar-refractivity contribution in [2.75, 3.05) is 24.6 Å². The number of halogens is 1. The topological polar surface area (TPSA) is 29.5 Å². The molecule has 19 heavy (non-hydrogen) atoms. The van der Waals surface area contributed by atoms with Gasteiger partial charge in [-0.1, -0.05) is 15.9 Å². The molecule has 1 aliphatic rings. The Morgan fingerprint density at radius 2 is 2.26 bits per heavy atom. The number of benzene rings is 1. The van der Waals surface area contributed by atoms with Crippen LogP contribution in [-0.2, 0) is 16.0 Å². The molecule has 1 aromatic carbocycles. The van der Waals surface area contributed by atoms with Gasteiger partial charge in [0.25, 0.3) is 0 Å². The SMILES string of the molecule is CCOC(=O)CCCCN1CCc2cc(Br)ccc21. The lowest BCUT2D eigenvalue weighted by Gasteiger charge is -2.19. The fraction of sp³-hybridized carbons (Fsp3) is 0.533. The van der Waals surface area contributed by atoms with E-state index in [0.29, 0.717) is 13.0 Å². The summed E-state index contributed by atoms with van der Waals surface area (Å²) in [6.45, 7) is 4.43. The summed E-state index contributed by atoms with van der Waals surface area (Å²) in [6.07, 6.45) is 3.59. The summed E-state index contributed by atoms with van der Waals surface area (Å²) in [5.74, 6) is -0.0757. The Morgan fingerprint density at radius 3 is 3.05 bits per heavy atom. The first-order valence-electron chi connectivity index (χ1n) is 6.89. The van der Waals surface area contributed by atoms with Gasteiger partial charge in [-0.25, -0.2) is 0 Å². The largest absolute Gasteiger partial charge is 0.466 e. The average Bonchev–Trinajstić information content (AvgIpc) is 2.77. The van der Waals surface area contributed by atoms with E-state index in [-0.39, 0.29) is 5.97 Å². The van der Waals surface area contributed by atoms with Gasteiger partial charge < -0.3 is 9.64 Å². The van der Waals surface area contributed by atoms with E-state index < -0.39 is 0 Å². The normalized spacial score (nSPS) is 13.5. The highest BCUT2D eigenvalue weighted by molar-refractivity contribution is 9.10. The average molecular weight is 326 g/mol. The summed E-state index contributed by atoms with van der Waals surface area (Å²) < 4.78 is 6.07. The zero-order valence-electron chi connectivity index (χ0n) is 11.3. The maximum Gasteiger partial charge on any atom is 0.305 e. The van der Waals surface area contributed by atoms with Crippen molar-refractivity contribution in [1.82, 2.24) is 0 Å². The predicted octanol–water partition coefficient (Wildman–Crippen LogP) is 3.55. The van der Waals surface area contributed by atoms with E-state index in [9.17, 15) is 4.79 Å². The third-order valence-corrected chi connectivity index (χ3v) is 3.89. The molecule has 1 heterocycles. The summed E-state index contributed by atoms with van der Waals surface area (Å²) in [5.41, 5.74) is 2.76. The van der Waals surface area contributed by atoms with Crippen molar-refractivity contribution in [3.63, 3.8) is 0 Å². The van der Waals surface area contributed by atoms with Gasteiger partial charge in [-0.2, -0.15) is 0 Å². The van der Waals surface area contributed by atoms with Gasteiger partial charge in [0.05, 0.1) is 6.61 Å². The van der Waals surface area contributed by atoms with Gasteiger partial charge in [0.1, 0.15) is 0 Å². The maximum atomic E-state index is 11.2. The van der Waals surface area contributed by atoms with Crippen molar-refractivity contribution in [1.29, 1.82) is 0 Å². The molecule has 2 rings (SSSR count). The van der Waals surface area contributed by atoms with Crippen molar-refractivity contribution in [3.05, 3.63) is 28.2 Å². The number of ether oxygens (including phenoxy) is 1. The lowest BCUT2D eigenvalue weighted by atomic mass is 10.2. The second-order valence-electron chi connectivity index (χ2n) is 4.77. The second-order valence-corrected chi connectivity index (χ2v) is 5.69. The van der Waals surface area contributed by atoms with Crippen LogP contribution in [0, 0.1) is 0 Å². The minimum atomic E-state index is -0.0757. The number of anilines is 1. The Labute approximate surface area is 123 Å². The minimum absolute atomic E-state index is 0.0757. The summed E-state index contributed by atoms with van der Waals surface area (Å²) in [5, 5.41) is 0. The Bertz CT molecular complexity index is 448. The second kappa shape index (κ2) is 6.94. The summed E-state index contributed by atoms with van der Waals surface area (Å²) in [6, 6.07) is 6.47. The molecule has 0 aromatic heterocycles. The van der Waals surface area contributed by atoms with E-state index in [2.05, 4.69) is 39.0 Å². The zero-order chi connectivity index (χ0) is 13.7. The minimum Gasteiger partial charge on any atom is -0.466 e. The van der Waals surface area contributed by atoms with Crippen LogP contribution in [0.2, 0.25) is 0 Å². The van der Waals surface area contributed by atoms with Crippen molar-refractivity contribution in [2.45, 2.75) is 32.6 Å². The maximum absolute atomic E-state index is 11.2. The van der Waals surface area contributed by atoms with Crippen molar-refractivity contribution < 1.29 is 9.53 Å². The highest BCUT2D eigenvalue weighted by Gasteiger charge is 2.18. The molecule has 0 fully saturated rings. The van der Waals surface area contributed by atoms with E-state index in [0.717, 1.165) is 36.8 Å². The van der Waals surface area contributed by atoms with E-state index in [1.54, 1.807) is 0 Å². The third-order valence-electron chi connectivity index (χ3n) is 3.40. The molecule has 0 aliphatic carbocycles. The van der Waals surface area contributed by atoms with E-state index >= 15 is 0 Å². The zero-order valence-corrected chi connectivity index (χ0v) is 12.9. The number of rotatable bonds is 6. The standard InChI is InChI=1S/C15H20BrNO2/c1-2-19-15(18)5-3-4-9-17-10-8-12-11-13(16)6-7-14(12)17/h6-7,11H,2-5,8-10H2,1H3. The first-order chi connectivity index (χ1) is 9.20. The monoisotopic (exact) mass is 325 g/mol. The Kier molecular flexibility index (Phi) is 5.25. The number of hydrogen-bond acceptors (Lipinski definition) is 3. The molecule has 0 atom stereocenters. The van der Waals surface area contributed by atoms with Crippen LogP contribution in [0.1, 0.15) is 31.7 Å². The molecule has 0 N–H and O–H groups in total. The number of unbranched alkanes of at least 4 members (excludes halogenated alkanes) is 1. The molecule has 1 aromatic rings. The van der Waals surface area contributed by atoms with E-state index in [1.165, 1.54) is 11.3 Å². The van der Waals surface area contributed by atoms with Gasteiger partial charge >= 0.3 is 5.97 Å². The first kappa shape index (κ1) is 14.4. The summed E-state index contributed by atoms with van der Waals surface area (Å²) >= 11 is 3.51. The van der Waals surface area contributed by atoms with Crippen molar-refractivity contribution in [2.24, 2.45) is 0 Å². The molecule has 0 spiro atoms. The summed E-state index contributed by atoms with van der Waals surface area (Å²) in [7, 11) is 0. The van der Waals surface area contributed by atoms with Crippen LogP contribution in [0.25, 0.3) is 0 Å². The number of carbonyl (C=O) groups excluding carboxylic acids is 1. The number of hydrogen-bond donors (Lipinski definition) is 0. The molecule has 0 saturated heterocycles. The molecule has 0 bridgehead atoms. The smallest absolute Gasteiger partial charge is 0.305 e. The van der Waals surface area contributed by atoms with Gasteiger partial charge in [-0.3, -0.25) is 4.79 Å². The number of fused-ring (bicyclic) bond motifs is 1. The third kappa shape index (κ3) is 3.96. The van der Waals surface area contributed by atoms with Gasteiger partial charge in [0, 0.05) is 29.7 Å². The first-order valence-corrected chi connectivity index (χ1v) is 7.69. The van der Waals surface area contributed by atoms with Crippen LogP contribution in [0.3, 0.4) is 0 Å². The van der Waals surface area contributed by atoms with Crippen LogP contribution in [-0.4, -0.2) is 25.7 Å². The van der Waals surface area contributed by atoms with Gasteiger partial charge in [0.2, 0.25) is 0 Å². The fourth-order valence-electron chi connectivity index (χ4n) is 2.48. The molecule has 0 saturated carbocycles. The number of esters is 1. The molecule has 104 valence electrons. The van der Waals surface area contributed by atoms with Crippen LogP contribution in [0.5, 0.6) is 0 Å². The molecule has 4 heteroatoms. The fourth-order valence-corrected chi connectivity index (χ4v) is 2.88. The molecular weight excluding hydrogens is 306 g/mol. The van der Waals surface area contributed by atoms with Gasteiger partial charge in [0.15, 0.2) is 0 Å². The van der Waals surface area contributed by atoms with Gasteiger partial charge in [-0.05, 0) is 49.9 Å². The predicted molar refractivity (Wildman–Crippen MR) is 80.5 cm³/mol. The number of nitrogens with zero attached hydrogens (tertiary/aromatic N) is 1. The van der Waals surface area contributed by atoms with Crippen LogP contribution < -0.4 is 4.90 Å². The van der Waals surface area contributed by atoms with Crippen LogP contribution >= 0.6 is 15.9 Å². The molecule has 0 unspecified atom stereocenters. The van der Waals surface area contributed by atoms with E-state index in [1.807, 2.05) is 6.92 Å². The van der Waals surface area contributed by atoms with Crippen LogP contribution in [0.4, 0.5) is 5.69 Å². The Hall–Kier alpha value is -1.03. The van der Waals surface area contributed by atoms with E-state index in [4.69, 9.17) is 4.74 Å². The molecule has 1 aliphatic heterocycles. The lowest BCUT2D eigenvalue weighted by molar-refractivity contribution is -0.143. The molecule has 0 amide bonds. The number of carbonyl (C=O) groups is 1.